The SMILES string of the molecule is COC(=O)c1c(C(F)F)nc(C(F)(F)F)c(C(=O)OC)c1CC(=O)O. The number of ether oxygens (including phenoxy) is 2. The number of hydrogen-bond donors (Lipinski definition) is 1. The molecule has 0 fully saturated rings. The van der Waals surface area contributed by atoms with Crippen molar-refractivity contribution < 1.29 is 50.9 Å². The van der Waals surface area contributed by atoms with E-state index in [1.54, 1.807) is 0 Å². The summed E-state index contributed by atoms with van der Waals surface area (Å²) in [5.74, 6) is -5.05. The quantitative estimate of drug-likeness (QED) is 0.625. The fraction of sp³-hybridized carbons (Fsp3) is 0.385. The third-order valence-corrected chi connectivity index (χ3v) is 2.91. The minimum absolute atomic E-state index is 0.686. The van der Waals surface area contributed by atoms with E-state index in [9.17, 15) is 36.3 Å². The first-order chi connectivity index (χ1) is 11.4. The van der Waals surface area contributed by atoms with Gasteiger partial charge in [0.05, 0.1) is 31.8 Å². The smallest absolute Gasteiger partial charge is 0.434 e. The van der Waals surface area contributed by atoms with E-state index in [0.29, 0.717) is 7.11 Å². The van der Waals surface area contributed by atoms with Crippen LogP contribution in [-0.2, 0) is 26.9 Å². The molecule has 12 heteroatoms. The number of rotatable bonds is 5. The second-order valence-electron chi connectivity index (χ2n) is 4.43. The molecule has 1 heterocycles. The van der Waals surface area contributed by atoms with Crippen molar-refractivity contribution in [2.45, 2.75) is 19.0 Å². The second kappa shape index (κ2) is 7.40. The van der Waals surface area contributed by atoms with Crippen LogP contribution >= 0.6 is 0 Å². The minimum Gasteiger partial charge on any atom is -0.481 e. The molecule has 25 heavy (non-hydrogen) atoms. The van der Waals surface area contributed by atoms with Gasteiger partial charge >= 0.3 is 24.1 Å². The largest absolute Gasteiger partial charge is 0.481 e. The molecular formula is C13H10F5NO6. The maximum absolute atomic E-state index is 13.1. The van der Waals surface area contributed by atoms with E-state index in [4.69, 9.17) is 5.11 Å². The highest BCUT2D eigenvalue weighted by atomic mass is 19.4. The van der Waals surface area contributed by atoms with Gasteiger partial charge in [0.2, 0.25) is 0 Å². The molecule has 138 valence electrons. The van der Waals surface area contributed by atoms with Crippen LogP contribution in [0.15, 0.2) is 0 Å². The average Bonchev–Trinajstić information content (AvgIpc) is 2.50. The molecule has 0 amide bonds. The lowest BCUT2D eigenvalue weighted by Crippen LogP contribution is -2.26. The topological polar surface area (TPSA) is 103 Å². The van der Waals surface area contributed by atoms with Crippen molar-refractivity contribution in [3.63, 3.8) is 0 Å². The van der Waals surface area contributed by atoms with Gasteiger partial charge in [0, 0.05) is 0 Å². The number of carboxylic acids is 1. The molecule has 0 spiro atoms. The van der Waals surface area contributed by atoms with Crippen LogP contribution in [0.3, 0.4) is 0 Å². The van der Waals surface area contributed by atoms with Crippen molar-refractivity contribution in [1.82, 2.24) is 4.98 Å². The fourth-order valence-corrected chi connectivity index (χ4v) is 2.00. The Balaban J connectivity index is 4.09. The highest BCUT2D eigenvalue weighted by Crippen LogP contribution is 2.37. The fourth-order valence-electron chi connectivity index (χ4n) is 2.00. The van der Waals surface area contributed by atoms with E-state index in [1.165, 1.54) is 0 Å². The summed E-state index contributed by atoms with van der Waals surface area (Å²) >= 11 is 0. The van der Waals surface area contributed by atoms with E-state index < -0.39 is 65.0 Å². The van der Waals surface area contributed by atoms with Crippen LogP contribution in [0.4, 0.5) is 22.0 Å². The van der Waals surface area contributed by atoms with E-state index in [1.807, 2.05) is 0 Å². The number of hydrogen-bond acceptors (Lipinski definition) is 6. The Bertz CT molecular complexity index is 716. The van der Waals surface area contributed by atoms with Gasteiger partial charge in [-0.05, 0) is 5.56 Å². The van der Waals surface area contributed by atoms with Gasteiger partial charge in [0.1, 0.15) is 5.69 Å². The lowest BCUT2D eigenvalue weighted by Gasteiger charge is -2.19. The summed E-state index contributed by atoms with van der Waals surface area (Å²) in [5.41, 5.74) is -7.53. The first-order valence-electron chi connectivity index (χ1n) is 6.26. The summed E-state index contributed by atoms with van der Waals surface area (Å²) in [6.45, 7) is 0. The summed E-state index contributed by atoms with van der Waals surface area (Å²) in [7, 11) is 1.42. The number of pyridine rings is 1. The zero-order valence-corrected chi connectivity index (χ0v) is 12.6. The lowest BCUT2D eigenvalue weighted by atomic mass is 9.95. The molecule has 0 saturated heterocycles. The molecule has 0 aliphatic rings. The summed E-state index contributed by atoms with van der Waals surface area (Å²) in [6.07, 6.45) is -10.4. The Morgan fingerprint density at radius 2 is 1.56 bits per heavy atom. The molecule has 1 aromatic heterocycles. The van der Waals surface area contributed by atoms with E-state index in [-0.39, 0.29) is 0 Å². The second-order valence-corrected chi connectivity index (χ2v) is 4.43. The highest BCUT2D eigenvalue weighted by molar-refractivity contribution is 6.01. The van der Waals surface area contributed by atoms with Crippen molar-refractivity contribution >= 4 is 17.9 Å². The number of carbonyl (C=O) groups excluding carboxylic acids is 2. The summed E-state index contributed by atoms with van der Waals surface area (Å²) in [5, 5.41) is 8.85. The van der Waals surface area contributed by atoms with Gasteiger partial charge in [-0.25, -0.2) is 23.4 Å². The molecule has 1 aromatic rings. The molecule has 1 N–H and O–H groups in total. The van der Waals surface area contributed by atoms with Crippen LogP contribution in [-0.4, -0.2) is 42.2 Å². The average molecular weight is 371 g/mol. The number of halogens is 5. The van der Waals surface area contributed by atoms with Crippen LogP contribution < -0.4 is 0 Å². The van der Waals surface area contributed by atoms with E-state index in [0.717, 1.165) is 7.11 Å². The highest BCUT2D eigenvalue weighted by Gasteiger charge is 2.43. The van der Waals surface area contributed by atoms with Crippen molar-refractivity contribution in [2.75, 3.05) is 14.2 Å². The number of esters is 2. The van der Waals surface area contributed by atoms with E-state index >= 15 is 0 Å². The normalized spacial score (nSPS) is 11.4. The third kappa shape index (κ3) is 4.19. The number of alkyl halides is 5. The third-order valence-electron chi connectivity index (χ3n) is 2.91. The van der Waals surface area contributed by atoms with Gasteiger partial charge in [-0.1, -0.05) is 0 Å². The molecule has 0 aliphatic heterocycles. The van der Waals surface area contributed by atoms with Crippen LogP contribution in [0.2, 0.25) is 0 Å². The van der Waals surface area contributed by atoms with Gasteiger partial charge in [-0.3, -0.25) is 4.79 Å². The maximum atomic E-state index is 13.1. The Morgan fingerprint density at radius 3 is 1.92 bits per heavy atom. The number of carbonyl (C=O) groups is 3. The number of carboxylic acid groups (broad SMARTS) is 1. The van der Waals surface area contributed by atoms with E-state index in [2.05, 4.69) is 14.5 Å². The molecule has 0 atom stereocenters. The molecule has 7 nitrogen and oxygen atoms in total. The van der Waals surface area contributed by atoms with Crippen LogP contribution in [0, 0.1) is 0 Å². The Morgan fingerprint density at radius 1 is 1.08 bits per heavy atom. The number of nitrogens with zero attached hydrogens (tertiary/aromatic N) is 1. The number of aliphatic carboxylic acids is 1. The standard InChI is InChI=1S/C13H10F5NO6/c1-24-11(22)6-4(3-5(20)21)7(12(23)25-2)9(13(16,17)18)19-8(6)10(14)15/h10H,3H2,1-2H3,(H,20,21). The van der Waals surface area contributed by atoms with Gasteiger partial charge in [-0.2, -0.15) is 13.2 Å². The molecule has 0 radical (unpaired) electrons. The first kappa shape index (κ1) is 20.3. The monoisotopic (exact) mass is 371 g/mol. The Kier molecular flexibility index (Phi) is 6.00. The van der Waals surface area contributed by atoms with Gasteiger partial charge in [0.25, 0.3) is 6.43 Å². The summed E-state index contributed by atoms with van der Waals surface area (Å²) in [4.78, 5) is 37.1. The summed E-state index contributed by atoms with van der Waals surface area (Å²) < 4.78 is 74.0. The Labute approximate surface area is 136 Å². The molecule has 0 unspecified atom stereocenters. The predicted molar refractivity (Wildman–Crippen MR) is 68.2 cm³/mol. The van der Waals surface area contributed by atoms with Crippen molar-refractivity contribution in [2.24, 2.45) is 0 Å². The summed E-state index contributed by atoms with van der Waals surface area (Å²) in [6, 6.07) is 0. The molecule has 1 rings (SSSR count). The van der Waals surface area contributed by atoms with Crippen LogP contribution in [0.5, 0.6) is 0 Å². The zero-order valence-electron chi connectivity index (χ0n) is 12.6. The number of aromatic nitrogens is 1. The lowest BCUT2D eigenvalue weighted by molar-refractivity contribution is -0.142. The first-order valence-corrected chi connectivity index (χ1v) is 6.26. The number of methoxy groups -OCH3 is 2. The molecule has 0 aromatic carbocycles. The van der Waals surface area contributed by atoms with Gasteiger partial charge < -0.3 is 14.6 Å². The molecule has 0 bridgehead atoms. The minimum atomic E-state index is -5.39. The van der Waals surface area contributed by atoms with Crippen molar-refractivity contribution in [3.8, 4) is 0 Å². The Hall–Kier alpha value is -2.79. The molecule has 0 saturated carbocycles. The zero-order chi connectivity index (χ0) is 19.5. The maximum Gasteiger partial charge on any atom is 0.434 e. The van der Waals surface area contributed by atoms with Crippen molar-refractivity contribution in [1.29, 1.82) is 0 Å². The molecule has 0 aliphatic carbocycles. The van der Waals surface area contributed by atoms with Crippen molar-refractivity contribution in [3.05, 3.63) is 28.1 Å². The van der Waals surface area contributed by atoms with Crippen LogP contribution in [0.25, 0.3) is 0 Å². The predicted octanol–water partition coefficient (Wildman–Crippen LogP) is 2.24. The van der Waals surface area contributed by atoms with Crippen LogP contribution in [0.1, 0.15) is 44.1 Å². The van der Waals surface area contributed by atoms with Gasteiger partial charge in [-0.15, -0.1) is 0 Å². The van der Waals surface area contributed by atoms with Gasteiger partial charge in [0.15, 0.2) is 5.69 Å². The molecular weight excluding hydrogens is 361 g/mol.